The maximum absolute atomic E-state index is 9.85. The van der Waals surface area contributed by atoms with Crippen LogP contribution in [0, 0.1) is 5.92 Å². The summed E-state index contributed by atoms with van der Waals surface area (Å²) in [5.41, 5.74) is 0. The van der Waals surface area contributed by atoms with Gasteiger partial charge >= 0.3 is 0 Å². The van der Waals surface area contributed by atoms with Crippen LogP contribution in [0.3, 0.4) is 0 Å². The van der Waals surface area contributed by atoms with Gasteiger partial charge in [-0.1, -0.05) is 20.3 Å². The number of ether oxygens (including phenoxy) is 2. The Morgan fingerprint density at radius 1 is 1.35 bits per heavy atom. The molecule has 1 aliphatic rings. The van der Waals surface area contributed by atoms with Crippen molar-refractivity contribution in [3.63, 3.8) is 0 Å². The first-order chi connectivity index (χ1) is 8.15. The first-order valence-electron chi connectivity index (χ1n) is 5.99. The fraction of sp³-hybridized carbons (Fsp3) is 1.00. The van der Waals surface area contributed by atoms with Crippen LogP contribution in [0.2, 0.25) is 0 Å². The largest absolute Gasteiger partial charge is 0.394 e. The average molecular weight is 360 g/mol. The Kier molecular flexibility index (Phi) is 7.20. The van der Waals surface area contributed by atoms with Crippen molar-refractivity contribution in [2.75, 3.05) is 13.2 Å². The molecule has 0 aromatic heterocycles. The normalized spacial score (nSPS) is 38.3. The molecule has 0 saturated carbocycles. The third-order valence-corrected chi connectivity index (χ3v) is 3.70. The highest BCUT2D eigenvalue weighted by Gasteiger charge is 2.44. The standard InChI is InChI=1S/C11H21IO5/c1-3-4-5-15-10-9(17-12)7(2)8(6-13)16-11(10)14/h7-11,13-14H,3-6H2,1-2H3/t7-,8?,9?,10-,11-/m1/s1. The highest BCUT2D eigenvalue weighted by Crippen LogP contribution is 2.30. The maximum atomic E-state index is 9.85. The fourth-order valence-electron chi connectivity index (χ4n) is 1.94. The highest BCUT2D eigenvalue weighted by molar-refractivity contribution is 14.1. The van der Waals surface area contributed by atoms with E-state index in [1.54, 1.807) is 23.0 Å². The van der Waals surface area contributed by atoms with E-state index in [1.807, 2.05) is 6.92 Å². The minimum absolute atomic E-state index is 0.0214. The van der Waals surface area contributed by atoms with Crippen LogP contribution in [0.25, 0.3) is 0 Å². The Labute approximate surface area is 116 Å². The number of aliphatic hydroxyl groups excluding tert-OH is 2. The molecule has 5 nitrogen and oxygen atoms in total. The van der Waals surface area contributed by atoms with Crippen LogP contribution in [-0.4, -0.2) is 48.0 Å². The number of rotatable bonds is 6. The Bertz CT molecular complexity index is 216. The molecule has 17 heavy (non-hydrogen) atoms. The van der Waals surface area contributed by atoms with Gasteiger partial charge in [0.05, 0.1) is 12.7 Å². The molecule has 6 heteroatoms. The van der Waals surface area contributed by atoms with Crippen LogP contribution in [0.5, 0.6) is 0 Å². The summed E-state index contributed by atoms with van der Waals surface area (Å²) in [5, 5.41) is 19.0. The van der Waals surface area contributed by atoms with E-state index in [4.69, 9.17) is 17.6 Å². The van der Waals surface area contributed by atoms with Crippen molar-refractivity contribution in [3.8, 4) is 0 Å². The van der Waals surface area contributed by atoms with Gasteiger partial charge in [-0.2, -0.15) is 0 Å². The molecule has 1 heterocycles. The number of unbranched alkanes of at least 4 members (excludes halogenated alkanes) is 1. The van der Waals surface area contributed by atoms with Crippen molar-refractivity contribution in [2.24, 2.45) is 5.92 Å². The second-order valence-electron chi connectivity index (χ2n) is 4.35. The van der Waals surface area contributed by atoms with Gasteiger partial charge in [-0.05, 0) is 6.42 Å². The van der Waals surface area contributed by atoms with Gasteiger partial charge in [0, 0.05) is 12.5 Å². The first-order valence-corrected chi connectivity index (χ1v) is 6.87. The molecule has 0 aromatic rings. The first kappa shape index (κ1) is 15.6. The number of halogens is 1. The zero-order chi connectivity index (χ0) is 12.8. The lowest BCUT2D eigenvalue weighted by atomic mass is 9.91. The molecule has 0 aliphatic carbocycles. The van der Waals surface area contributed by atoms with E-state index in [0.29, 0.717) is 6.61 Å². The van der Waals surface area contributed by atoms with Crippen molar-refractivity contribution in [1.82, 2.24) is 0 Å². The molecule has 0 bridgehead atoms. The molecule has 5 atom stereocenters. The van der Waals surface area contributed by atoms with Crippen LogP contribution in [0.4, 0.5) is 0 Å². The van der Waals surface area contributed by atoms with Gasteiger partial charge in [0.1, 0.15) is 35.2 Å². The predicted molar refractivity (Wildman–Crippen MR) is 70.7 cm³/mol. The predicted octanol–water partition coefficient (Wildman–Crippen LogP) is 1.25. The molecule has 0 amide bonds. The molecule has 1 aliphatic heterocycles. The zero-order valence-corrected chi connectivity index (χ0v) is 12.4. The van der Waals surface area contributed by atoms with Gasteiger partial charge in [0.2, 0.25) is 0 Å². The minimum atomic E-state index is -1.04. The van der Waals surface area contributed by atoms with Gasteiger partial charge in [-0.25, -0.2) is 0 Å². The van der Waals surface area contributed by atoms with E-state index in [1.165, 1.54) is 0 Å². The summed E-state index contributed by atoms with van der Waals surface area (Å²) in [6.45, 7) is 4.45. The molecule has 1 saturated heterocycles. The Balaban J connectivity index is 2.60. The summed E-state index contributed by atoms with van der Waals surface area (Å²) in [5.74, 6) is -0.0214. The van der Waals surface area contributed by atoms with E-state index in [2.05, 4.69) is 6.92 Å². The summed E-state index contributed by atoms with van der Waals surface area (Å²) in [7, 11) is 0. The lowest BCUT2D eigenvalue weighted by molar-refractivity contribution is -0.273. The van der Waals surface area contributed by atoms with Crippen LogP contribution in [-0.2, 0) is 12.5 Å². The SMILES string of the molecule is CCCCO[C@@H]1C(OI)[C@H](C)C(CO)O[C@H]1O. The van der Waals surface area contributed by atoms with Crippen molar-refractivity contribution in [2.45, 2.75) is 51.3 Å². The van der Waals surface area contributed by atoms with E-state index in [9.17, 15) is 5.11 Å². The molecule has 0 radical (unpaired) electrons. The molecule has 2 N–H and O–H groups in total. The molecule has 1 fully saturated rings. The Morgan fingerprint density at radius 2 is 2.06 bits per heavy atom. The van der Waals surface area contributed by atoms with Gasteiger partial charge in [-0.3, -0.25) is 0 Å². The third kappa shape index (κ3) is 4.00. The number of hydrogen-bond acceptors (Lipinski definition) is 5. The van der Waals surface area contributed by atoms with Gasteiger partial charge < -0.3 is 22.8 Å². The fourth-order valence-corrected chi connectivity index (χ4v) is 2.69. The summed E-state index contributed by atoms with van der Waals surface area (Å²) < 4.78 is 16.3. The summed E-state index contributed by atoms with van der Waals surface area (Å²) in [4.78, 5) is 0. The van der Waals surface area contributed by atoms with Crippen molar-refractivity contribution < 1.29 is 22.8 Å². The molecule has 1 rings (SSSR count). The Morgan fingerprint density at radius 3 is 2.59 bits per heavy atom. The van der Waals surface area contributed by atoms with Crippen LogP contribution in [0.1, 0.15) is 26.7 Å². The monoisotopic (exact) mass is 360 g/mol. The summed E-state index contributed by atoms with van der Waals surface area (Å²) in [6, 6.07) is 0. The van der Waals surface area contributed by atoms with Crippen LogP contribution < -0.4 is 0 Å². The van der Waals surface area contributed by atoms with Crippen molar-refractivity contribution >= 4 is 23.0 Å². The van der Waals surface area contributed by atoms with Crippen molar-refractivity contribution in [3.05, 3.63) is 0 Å². The lowest BCUT2D eigenvalue weighted by Gasteiger charge is -2.41. The smallest absolute Gasteiger partial charge is 0.184 e. The van der Waals surface area contributed by atoms with E-state index in [-0.39, 0.29) is 18.6 Å². The molecule has 0 aromatic carbocycles. The van der Waals surface area contributed by atoms with Gasteiger partial charge in [-0.15, -0.1) is 0 Å². The number of aliphatic hydroxyl groups is 2. The third-order valence-electron chi connectivity index (χ3n) is 3.11. The van der Waals surface area contributed by atoms with E-state index in [0.717, 1.165) is 12.8 Å². The summed E-state index contributed by atoms with van der Waals surface area (Å²) in [6.07, 6.45) is -0.233. The van der Waals surface area contributed by atoms with E-state index >= 15 is 0 Å². The maximum Gasteiger partial charge on any atom is 0.184 e. The second-order valence-corrected chi connectivity index (χ2v) is 4.86. The number of hydrogen-bond donors (Lipinski definition) is 2. The van der Waals surface area contributed by atoms with Gasteiger partial charge in [0.25, 0.3) is 0 Å². The second kappa shape index (κ2) is 7.85. The van der Waals surface area contributed by atoms with Crippen LogP contribution in [0.15, 0.2) is 0 Å². The summed E-state index contributed by atoms with van der Waals surface area (Å²) >= 11 is 1.81. The average Bonchev–Trinajstić information content (AvgIpc) is 2.33. The van der Waals surface area contributed by atoms with Crippen LogP contribution >= 0.6 is 23.0 Å². The van der Waals surface area contributed by atoms with Crippen molar-refractivity contribution in [1.29, 1.82) is 0 Å². The zero-order valence-electron chi connectivity index (χ0n) is 10.2. The molecule has 0 spiro atoms. The highest BCUT2D eigenvalue weighted by atomic mass is 127. The lowest BCUT2D eigenvalue weighted by Crippen LogP contribution is -2.55. The van der Waals surface area contributed by atoms with E-state index < -0.39 is 18.5 Å². The minimum Gasteiger partial charge on any atom is -0.394 e. The quantitative estimate of drug-likeness (QED) is 0.551. The molecule has 2 unspecified atom stereocenters. The topological polar surface area (TPSA) is 68.2 Å². The molecular weight excluding hydrogens is 339 g/mol. The molecular formula is C11H21IO5. The van der Waals surface area contributed by atoms with Gasteiger partial charge in [0.15, 0.2) is 6.29 Å². The Hall–Kier alpha value is 0.530. The molecule has 102 valence electrons.